The molecule has 0 spiro atoms. The van der Waals surface area contributed by atoms with Gasteiger partial charge in [0.1, 0.15) is 5.78 Å². The van der Waals surface area contributed by atoms with Gasteiger partial charge in [-0.05, 0) is 13.3 Å². The van der Waals surface area contributed by atoms with Crippen LogP contribution in [0.1, 0.15) is 19.8 Å². The number of piperidine rings is 1. The third-order valence-corrected chi connectivity index (χ3v) is 2.31. The van der Waals surface area contributed by atoms with Crippen LogP contribution in [0.2, 0.25) is 0 Å². The van der Waals surface area contributed by atoms with Crippen LogP contribution in [0.25, 0.3) is 0 Å². The molecule has 1 atom stereocenters. The van der Waals surface area contributed by atoms with Crippen LogP contribution in [0, 0.1) is 5.92 Å². The fourth-order valence-electron chi connectivity index (χ4n) is 1.60. The predicted molar refractivity (Wildman–Crippen MR) is 52.3 cm³/mol. The van der Waals surface area contributed by atoms with E-state index >= 15 is 0 Å². The lowest BCUT2D eigenvalue weighted by molar-refractivity contribution is -0.140. The van der Waals surface area contributed by atoms with Crippen LogP contribution in [0.4, 0.5) is 4.79 Å². The first-order valence-corrected chi connectivity index (χ1v) is 4.62. The molecule has 2 amide bonds. The minimum atomic E-state index is -1.29. The van der Waals surface area contributed by atoms with Crippen LogP contribution in [-0.2, 0) is 9.59 Å². The van der Waals surface area contributed by atoms with Crippen LogP contribution in [0.5, 0.6) is 0 Å². The number of carbonyl (C=O) groups excluding carboxylic acids is 2. The third kappa shape index (κ3) is 2.65. The van der Waals surface area contributed by atoms with E-state index in [0.717, 1.165) is 5.57 Å². The van der Waals surface area contributed by atoms with Gasteiger partial charge in [-0.2, -0.15) is 0 Å². The summed E-state index contributed by atoms with van der Waals surface area (Å²) >= 11 is 0. The van der Waals surface area contributed by atoms with E-state index in [-0.39, 0.29) is 18.7 Å². The summed E-state index contributed by atoms with van der Waals surface area (Å²) in [5, 5.41) is 8.72. The van der Waals surface area contributed by atoms with Crippen molar-refractivity contribution in [3.05, 3.63) is 12.2 Å². The minimum absolute atomic E-state index is 0.0418. The third-order valence-electron chi connectivity index (χ3n) is 2.31. The Labute approximate surface area is 87.4 Å². The van der Waals surface area contributed by atoms with E-state index in [1.807, 2.05) is 0 Å². The van der Waals surface area contributed by atoms with Crippen molar-refractivity contribution in [2.45, 2.75) is 19.8 Å². The number of hydrogen-bond acceptors (Lipinski definition) is 3. The number of carbonyl (C=O) groups is 3. The lowest BCUT2D eigenvalue weighted by atomic mass is 9.91. The number of Topliss-reactive ketones (excluding diaryl/α,β-unsaturated/α-hetero) is 1. The highest BCUT2D eigenvalue weighted by atomic mass is 16.4. The van der Waals surface area contributed by atoms with Gasteiger partial charge < -0.3 is 5.11 Å². The van der Waals surface area contributed by atoms with Crippen molar-refractivity contribution < 1.29 is 19.5 Å². The summed E-state index contributed by atoms with van der Waals surface area (Å²) in [6.45, 7) is 5.40. The minimum Gasteiger partial charge on any atom is -0.465 e. The van der Waals surface area contributed by atoms with E-state index in [2.05, 4.69) is 6.58 Å². The maximum atomic E-state index is 11.4. The van der Waals surface area contributed by atoms with Crippen LogP contribution in [0.15, 0.2) is 12.2 Å². The van der Waals surface area contributed by atoms with Gasteiger partial charge in [-0.3, -0.25) is 9.59 Å². The Morgan fingerprint density at radius 1 is 1.60 bits per heavy atom. The quantitative estimate of drug-likeness (QED) is 0.547. The average molecular weight is 211 g/mol. The molecule has 1 saturated heterocycles. The highest BCUT2D eigenvalue weighted by Crippen LogP contribution is 2.20. The van der Waals surface area contributed by atoms with E-state index in [1.54, 1.807) is 6.92 Å². The Hall–Kier alpha value is -1.65. The van der Waals surface area contributed by atoms with Crippen molar-refractivity contribution >= 4 is 17.8 Å². The first-order chi connectivity index (χ1) is 6.91. The van der Waals surface area contributed by atoms with E-state index < -0.39 is 17.9 Å². The lowest BCUT2D eigenvalue weighted by Crippen LogP contribution is -2.47. The fraction of sp³-hybridized carbons (Fsp3) is 0.500. The van der Waals surface area contributed by atoms with Gasteiger partial charge in [0.15, 0.2) is 0 Å². The molecule has 1 rings (SSSR count). The largest absolute Gasteiger partial charge is 0.465 e. The summed E-state index contributed by atoms with van der Waals surface area (Å²) in [6, 6.07) is 0. The zero-order valence-electron chi connectivity index (χ0n) is 8.52. The second-order valence-corrected chi connectivity index (χ2v) is 3.79. The molecule has 1 N–H and O–H groups in total. The van der Waals surface area contributed by atoms with Gasteiger partial charge in [-0.15, -0.1) is 6.58 Å². The Morgan fingerprint density at radius 3 is 2.67 bits per heavy atom. The number of nitrogens with zero attached hydrogens (tertiary/aromatic N) is 1. The molecule has 0 aromatic carbocycles. The number of hydrogen-bond donors (Lipinski definition) is 1. The second-order valence-electron chi connectivity index (χ2n) is 3.79. The van der Waals surface area contributed by atoms with E-state index in [9.17, 15) is 14.4 Å². The molecule has 1 heterocycles. The van der Waals surface area contributed by atoms with Gasteiger partial charge in [-0.1, -0.05) is 5.57 Å². The van der Waals surface area contributed by atoms with Crippen LogP contribution in [0.3, 0.4) is 0 Å². The topological polar surface area (TPSA) is 74.7 Å². The Kier molecular flexibility index (Phi) is 3.24. The molecule has 5 heteroatoms. The number of likely N-dealkylation sites (tertiary alicyclic amines) is 1. The predicted octanol–water partition coefficient (Wildman–Crippen LogP) is 1.05. The number of allylic oxidation sites excluding steroid dienone is 1. The van der Waals surface area contributed by atoms with Gasteiger partial charge >= 0.3 is 6.09 Å². The van der Waals surface area contributed by atoms with Crippen LogP contribution < -0.4 is 0 Å². The van der Waals surface area contributed by atoms with Gasteiger partial charge in [0.2, 0.25) is 5.91 Å². The molecule has 15 heavy (non-hydrogen) atoms. The fourth-order valence-corrected chi connectivity index (χ4v) is 1.60. The summed E-state index contributed by atoms with van der Waals surface area (Å²) in [7, 11) is 0. The lowest BCUT2D eigenvalue weighted by Gasteiger charge is -2.28. The molecule has 1 aliphatic rings. The maximum absolute atomic E-state index is 11.4. The van der Waals surface area contributed by atoms with Crippen LogP contribution in [-0.4, -0.2) is 34.3 Å². The van der Waals surface area contributed by atoms with Crippen molar-refractivity contribution in [2.75, 3.05) is 6.54 Å². The van der Waals surface area contributed by atoms with Gasteiger partial charge in [0.05, 0.1) is 6.42 Å². The van der Waals surface area contributed by atoms with Crippen molar-refractivity contribution in [3.63, 3.8) is 0 Å². The Balaban J connectivity index is 2.75. The molecular weight excluding hydrogens is 198 g/mol. The summed E-state index contributed by atoms with van der Waals surface area (Å²) in [5.74, 6) is -1.25. The normalized spacial score (nSPS) is 21.7. The summed E-state index contributed by atoms with van der Waals surface area (Å²) in [6.07, 6.45) is -1.17. The van der Waals surface area contributed by atoms with Gasteiger partial charge in [-0.25, -0.2) is 9.69 Å². The van der Waals surface area contributed by atoms with Crippen molar-refractivity contribution in [1.82, 2.24) is 4.90 Å². The highest BCUT2D eigenvalue weighted by Gasteiger charge is 2.35. The molecule has 1 unspecified atom stereocenters. The molecule has 5 nitrogen and oxygen atoms in total. The smallest absolute Gasteiger partial charge is 0.414 e. The molecule has 0 aromatic heterocycles. The number of amides is 2. The summed E-state index contributed by atoms with van der Waals surface area (Å²) in [5.41, 5.74) is 0.813. The summed E-state index contributed by atoms with van der Waals surface area (Å²) in [4.78, 5) is 34.0. The molecule has 82 valence electrons. The SMILES string of the molecule is C=C(C)CC1CN(C(=O)O)C(=O)CC1=O. The number of ketones is 1. The molecule has 0 aromatic rings. The zero-order valence-corrected chi connectivity index (χ0v) is 8.52. The molecule has 0 bridgehead atoms. The Morgan fingerprint density at radius 2 is 2.20 bits per heavy atom. The van der Waals surface area contributed by atoms with Crippen molar-refractivity contribution in [3.8, 4) is 0 Å². The van der Waals surface area contributed by atoms with E-state index in [4.69, 9.17) is 5.11 Å². The average Bonchev–Trinajstić information content (AvgIpc) is 2.08. The van der Waals surface area contributed by atoms with Crippen molar-refractivity contribution in [1.29, 1.82) is 0 Å². The van der Waals surface area contributed by atoms with Gasteiger partial charge in [0, 0.05) is 12.5 Å². The van der Waals surface area contributed by atoms with Crippen LogP contribution >= 0.6 is 0 Å². The first-order valence-electron chi connectivity index (χ1n) is 4.62. The molecular formula is C10H13NO4. The summed E-state index contributed by atoms with van der Waals surface area (Å²) < 4.78 is 0. The standard InChI is InChI=1S/C10H13NO4/c1-6(2)3-7-5-11(10(14)15)9(13)4-8(7)12/h7H,1,3-5H2,2H3,(H,14,15). The molecule has 1 fully saturated rings. The highest BCUT2D eigenvalue weighted by molar-refractivity contribution is 6.06. The molecule has 0 radical (unpaired) electrons. The molecule has 1 aliphatic heterocycles. The number of imide groups is 1. The second kappa shape index (κ2) is 4.25. The number of rotatable bonds is 2. The monoisotopic (exact) mass is 211 g/mol. The maximum Gasteiger partial charge on any atom is 0.414 e. The zero-order chi connectivity index (χ0) is 11.6. The van der Waals surface area contributed by atoms with Crippen molar-refractivity contribution in [2.24, 2.45) is 5.92 Å². The van der Waals surface area contributed by atoms with E-state index in [1.165, 1.54) is 0 Å². The number of carboxylic acid groups (broad SMARTS) is 1. The van der Waals surface area contributed by atoms with Gasteiger partial charge in [0.25, 0.3) is 0 Å². The Bertz CT molecular complexity index is 334. The molecule has 0 aliphatic carbocycles. The van der Waals surface area contributed by atoms with E-state index in [0.29, 0.717) is 11.3 Å². The first kappa shape index (κ1) is 11.4. The molecule has 0 saturated carbocycles.